The van der Waals surface area contributed by atoms with Crippen molar-refractivity contribution in [1.82, 2.24) is 19.9 Å². The number of carbonyl (C=O) groups is 2. The molecule has 0 radical (unpaired) electrons. The molecular formula is C18H21N5O3. The number of aromatic carboxylic acids is 1. The van der Waals surface area contributed by atoms with Crippen LogP contribution in [0.3, 0.4) is 0 Å². The molecule has 0 saturated carbocycles. The number of fused-ring (bicyclic) bond motifs is 1. The van der Waals surface area contributed by atoms with Crippen molar-refractivity contribution >= 4 is 17.6 Å². The molecule has 2 aromatic rings. The van der Waals surface area contributed by atoms with Gasteiger partial charge in [0, 0.05) is 18.8 Å². The standard InChI is InChI=1S/C18H21N5O3/c24-17-16-3-1-2-8-21(16)9-10-23(17)14-6-4-13(5-7-14)11-22-12-15(18(25)26)19-20-22/h4-7,12,16H,1-3,8-11H2,(H,25,26). The zero-order chi connectivity index (χ0) is 18.1. The number of aromatic nitrogens is 3. The fourth-order valence-electron chi connectivity index (χ4n) is 3.76. The fraction of sp³-hybridized carbons (Fsp3) is 0.444. The molecule has 136 valence electrons. The van der Waals surface area contributed by atoms with E-state index < -0.39 is 5.97 Å². The van der Waals surface area contributed by atoms with E-state index in [9.17, 15) is 9.59 Å². The zero-order valence-electron chi connectivity index (χ0n) is 14.4. The normalized spacial score (nSPS) is 20.8. The highest BCUT2D eigenvalue weighted by atomic mass is 16.4. The molecule has 2 aliphatic heterocycles. The van der Waals surface area contributed by atoms with E-state index in [-0.39, 0.29) is 17.6 Å². The number of carbonyl (C=O) groups excluding carboxylic acids is 1. The van der Waals surface area contributed by atoms with Crippen LogP contribution in [0.1, 0.15) is 35.3 Å². The minimum atomic E-state index is -1.09. The van der Waals surface area contributed by atoms with Crippen LogP contribution in [0.15, 0.2) is 30.5 Å². The smallest absolute Gasteiger partial charge is 0.358 e. The third-order valence-electron chi connectivity index (χ3n) is 5.13. The van der Waals surface area contributed by atoms with Crippen LogP contribution in [0.25, 0.3) is 0 Å². The van der Waals surface area contributed by atoms with E-state index in [1.807, 2.05) is 29.2 Å². The maximum atomic E-state index is 12.8. The van der Waals surface area contributed by atoms with Crippen LogP contribution in [-0.2, 0) is 11.3 Å². The first-order chi connectivity index (χ1) is 12.6. The molecule has 1 N–H and O–H groups in total. The quantitative estimate of drug-likeness (QED) is 0.887. The summed E-state index contributed by atoms with van der Waals surface area (Å²) in [4.78, 5) is 27.9. The summed E-state index contributed by atoms with van der Waals surface area (Å²) in [6, 6.07) is 7.80. The van der Waals surface area contributed by atoms with Gasteiger partial charge < -0.3 is 10.0 Å². The van der Waals surface area contributed by atoms with E-state index in [0.717, 1.165) is 43.7 Å². The molecule has 0 aliphatic carbocycles. The second-order valence-electron chi connectivity index (χ2n) is 6.81. The lowest BCUT2D eigenvalue weighted by Crippen LogP contribution is -2.58. The molecule has 26 heavy (non-hydrogen) atoms. The summed E-state index contributed by atoms with van der Waals surface area (Å²) in [5, 5.41) is 16.3. The molecule has 8 nitrogen and oxygen atoms in total. The number of benzene rings is 1. The van der Waals surface area contributed by atoms with Crippen LogP contribution in [-0.4, -0.2) is 62.6 Å². The third kappa shape index (κ3) is 3.20. The van der Waals surface area contributed by atoms with Crippen molar-refractivity contribution in [3.63, 3.8) is 0 Å². The van der Waals surface area contributed by atoms with Crippen molar-refractivity contribution in [2.45, 2.75) is 31.8 Å². The lowest BCUT2D eigenvalue weighted by atomic mass is 9.98. The predicted octanol–water partition coefficient (Wildman–Crippen LogP) is 1.23. The van der Waals surface area contributed by atoms with E-state index in [4.69, 9.17) is 5.11 Å². The molecule has 2 fully saturated rings. The van der Waals surface area contributed by atoms with Crippen LogP contribution in [0, 0.1) is 0 Å². The van der Waals surface area contributed by atoms with Gasteiger partial charge in [0.1, 0.15) is 0 Å². The first kappa shape index (κ1) is 16.7. The van der Waals surface area contributed by atoms with Crippen LogP contribution in [0.2, 0.25) is 0 Å². The van der Waals surface area contributed by atoms with Crippen molar-refractivity contribution in [1.29, 1.82) is 0 Å². The molecule has 3 heterocycles. The largest absolute Gasteiger partial charge is 0.476 e. The summed E-state index contributed by atoms with van der Waals surface area (Å²) in [5.74, 6) is -0.891. The first-order valence-electron chi connectivity index (χ1n) is 8.89. The monoisotopic (exact) mass is 355 g/mol. The highest BCUT2D eigenvalue weighted by Crippen LogP contribution is 2.26. The summed E-state index contributed by atoms with van der Waals surface area (Å²) in [5.41, 5.74) is 1.81. The minimum absolute atomic E-state index is 0.0294. The summed E-state index contributed by atoms with van der Waals surface area (Å²) < 4.78 is 1.49. The number of piperazine rings is 1. The Hall–Kier alpha value is -2.74. The molecule has 0 bridgehead atoms. The molecule has 2 aliphatic rings. The molecule has 1 unspecified atom stereocenters. The van der Waals surface area contributed by atoms with Crippen molar-refractivity contribution in [3.05, 3.63) is 41.7 Å². The lowest BCUT2D eigenvalue weighted by molar-refractivity contribution is -0.127. The van der Waals surface area contributed by atoms with Crippen molar-refractivity contribution < 1.29 is 14.7 Å². The van der Waals surface area contributed by atoms with Gasteiger partial charge in [-0.15, -0.1) is 5.10 Å². The number of hydrogen-bond donors (Lipinski definition) is 1. The number of nitrogens with zero attached hydrogens (tertiary/aromatic N) is 5. The highest BCUT2D eigenvalue weighted by Gasteiger charge is 2.36. The lowest BCUT2D eigenvalue weighted by Gasteiger charge is -2.43. The van der Waals surface area contributed by atoms with Gasteiger partial charge in [0.25, 0.3) is 0 Å². The Balaban J connectivity index is 1.45. The SMILES string of the molecule is O=C(O)c1cn(Cc2ccc(N3CCN4CCCCC4C3=O)cc2)nn1. The Bertz CT molecular complexity index is 816. The van der Waals surface area contributed by atoms with Gasteiger partial charge in [-0.2, -0.15) is 0 Å². The predicted molar refractivity (Wildman–Crippen MR) is 94.1 cm³/mol. The minimum Gasteiger partial charge on any atom is -0.476 e. The van der Waals surface area contributed by atoms with Gasteiger partial charge in [-0.05, 0) is 37.1 Å². The molecule has 8 heteroatoms. The molecule has 1 amide bonds. The topological polar surface area (TPSA) is 91.6 Å². The van der Waals surface area contributed by atoms with E-state index >= 15 is 0 Å². The first-order valence-corrected chi connectivity index (χ1v) is 8.89. The third-order valence-corrected chi connectivity index (χ3v) is 5.13. The Labute approximate surface area is 151 Å². The Morgan fingerprint density at radius 2 is 1.96 bits per heavy atom. The van der Waals surface area contributed by atoms with Crippen LogP contribution >= 0.6 is 0 Å². The molecule has 4 rings (SSSR count). The summed E-state index contributed by atoms with van der Waals surface area (Å²) in [7, 11) is 0. The van der Waals surface area contributed by atoms with Crippen LogP contribution < -0.4 is 4.90 Å². The molecule has 1 aromatic carbocycles. The molecule has 0 spiro atoms. The number of piperidine rings is 1. The number of carboxylic acids is 1. The van der Waals surface area contributed by atoms with Crippen molar-refractivity contribution in [2.75, 3.05) is 24.5 Å². The van der Waals surface area contributed by atoms with Gasteiger partial charge in [-0.25, -0.2) is 9.48 Å². The van der Waals surface area contributed by atoms with Gasteiger partial charge in [0.15, 0.2) is 5.69 Å². The maximum Gasteiger partial charge on any atom is 0.358 e. The fourth-order valence-corrected chi connectivity index (χ4v) is 3.76. The summed E-state index contributed by atoms with van der Waals surface area (Å²) >= 11 is 0. The number of carboxylic acid groups (broad SMARTS) is 1. The van der Waals surface area contributed by atoms with Gasteiger partial charge in [-0.1, -0.05) is 23.8 Å². The van der Waals surface area contributed by atoms with Crippen molar-refractivity contribution in [3.8, 4) is 0 Å². The average molecular weight is 355 g/mol. The maximum absolute atomic E-state index is 12.8. The Morgan fingerprint density at radius 3 is 2.69 bits per heavy atom. The number of rotatable bonds is 4. The van der Waals surface area contributed by atoms with E-state index in [1.165, 1.54) is 17.3 Å². The Kier molecular flexibility index (Phi) is 4.42. The average Bonchev–Trinajstić information content (AvgIpc) is 3.12. The zero-order valence-corrected chi connectivity index (χ0v) is 14.4. The van der Waals surface area contributed by atoms with Gasteiger partial charge >= 0.3 is 5.97 Å². The van der Waals surface area contributed by atoms with E-state index in [0.29, 0.717) is 6.54 Å². The highest BCUT2D eigenvalue weighted by molar-refractivity contribution is 5.98. The van der Waals surface area contributed by atoms with Crippen LogP contribution in [0.4, 0.5) is 5.69 Å². The van der Waals surface area contributed by atoms with Crippen LogP contribution in [0.5, 0.6) is 0 Å². The summed E-state index contributed by atoms with van der Waals surface area (Å²) in [6.07, 6.45) is 4.66. The Morgan fingerprint density at radius 1 is 1.15 bits per heavy atom. The van der Waals surface area contributed by atoms with Crippen molar-refractivity contribution in [2.24, 2.45) is 0 Å². The van der Waals surface area contributed by atoms with Gasteiger partial charge in [0.05, 0.1) is 18.8 Å². The second kappa shape index (κ2) is 6.87. The molecular weight excluding hydrogens is 334 g/mol. The number of hydrogen-bond acceptors (Lipinski definition) is 5. The van der Waals surface area contributed by atoms with E-state index in [1.54, 1.807) is 0 Å². The molecule has 1 aromatic heterocycles. The van der Waals surface area contributed by atoms with E-state index in [2.05, 4.69) is 15.2 Å². The number of amides is 1. The summed E-state index contributed by atoms with van der Waals surface area (Å²) in [6.45, 7) is 3.11. The van der Waals surface area contributed by atoms with Gasteiger partial charge in [0.2, 0.25) is 5.91 Å². The number of anilines is 1. The second-order valence-corrected chi connectivity index (χ2v) is 6.81. The molecule has 1 atom stereocenters. The van der Waals surface area contributed by atoms with Gasteiger partial charge in [-0.3, -0.25) is 9.69 Å². The molecule has 2 saturated heterocycles.